The van der Waals surface area contributed by atoms with Crippen molar-refractivity contribution in [3.05, 3.63) is 64.7 Å². The molecule has 3 atom stereocenters. The highest BCUT2D eigenvalue weighted by molar-refractivity contribution is 7.20. The summed E-state index contributed by atoms with van der Waals surface area (Å²) in [7, 11) is 0. The fraction of sp³-hybridized carbons (Fsp3) is 0.424. The van der Waals surface area contributed by atoms with Crippen molar-refractivity contribution in [3.8, 4) is 0 Å². The van der Waals surface area contributed by atoms with E-state index >= 15 is 0 Å². The maximum Gasteiger partial charge on any atom is 0.245 e. The molecule has 1 heterocycles. The summed E-state index contributed by atoms with van der Waals surface area (Å²) in [6.07, 6.45) is 0.972. The zero-order valence-electron chi connectivity index (χ0n) is 27.3. The van der Waals surface area contributed by atoms with Crippen LogP contribution >= 0.6 is 11.3 Å². The molecule has 0 bridgehead atoms. The fourth-order valence-electron chi connectivity index (χ4n) is 4.91. The summed E-state index contributed by atoms with van der Waals surface area (Å²) in [6.45, 7) is 4.93. The quantitative estimate of drug-likeness (QED) is 0.0437. The van der Waals surface area contributed by atoms with E-state index in [1.54, 1.807) is 24.3 Å². The van der Waals surface area contributed by atoms with E-state index in [0.29, 0.717) is 29.5 Å². The van der Waals surface area contributed by atoms with Crippen molar-refractivity contribution < 1.29 is 29.1 Å². The number of aromatic nitrogens is 1. The van der Waals surface area contributed by atoms with Gasteiger partial charge in [0.2, 0.25) is 29.4 Å². The van der Waals surface area contributed by atoms with Gasteiger partial charge in [-0.15, -0.1) is 11.3 Å². The van der Waals surface area contributed by atoms with Crippen LogP contribution in [0.25, 0.3) is 10.2 Å². The van der Waals surface area contributed by atoms with Crippen LogP contribution in [-0.2, 0) is 32.1 Å². The van der Waals surface area contributed by atoms with Gasteiger partial charge in [-0.2, -0.15) is 0 Å². The van der Waals surface area contributed by atoms with Crippen LogP contribution in [-0.4, -0.2) is 76.7 Å². The number of benzene rings is 2. The molecule has 4 amide bonds. The van der Waals surface area contributed by atoms with Gasteiger partial charge in [0.25, 0.3) is 0 Å². The largest absolute Gasteiger partial charge is 0.394 e. The standard InChI is InChI=1S/C33H44N8O6S/c1-19(2)14-25(39-28(44)16-21-8-6-9-22(15-21)17-37-30(46)26(18-42)38-20(3)43)31(47)40-24(11-7-13-36-33(34)35)29(45)32-41-23-10-4-5-12-27(23)48-32/h4-6,8-10,12,15,19,24-26,42H,7,11,13-14,16-18H2,1-3H3,(H,37,46)(H,38,43)(H,39,44)(H,40,47)(H4,34,35,36)/t24-,25+,26+/m1/s1. The number of hydrogen-bond acceptors (Lipinski definition) is 9. The van der Waals surface area contributed by atoms with Crippen molar-refractivity contribution in [2.75, 3.05) is 13.2 Å². The zero-order valence-corrected chi connectivity index (χ0v) is 28.1. The number of amides is 4. The Morgan fingerprint density at radius 2 is 1.65 bits per heavy atom. The third-order valence-corrected chi connectivity index (χ3v) is 8.19. The van der Waals surface area contributed by atoms with Crippen LogP contribution in [0.2, 0.25) is 0 Å². The van der Waals surface area contributed by atoms with Gasteiger partial charge in [-0.1, -0.05) is 50.2 Å². The average molecular weight is 681 g/mol. The number of aliphatic hydroxyl groups excluding tert-OH is 1. The molecule has 0 radical (unpaired) electrons. The lowest BCUT2D eigenvalue weighted by molar-refractivity contribution is -0.129. The second-order valence-corrected chi connectivity index (χ2v) is 12.8. The number of nitrogens with two attached hydrogens (primary N) is 2. The summed E-state index contributed by atoms with van der Waals surface area (Å²) in [4.78, 5) is 72.5. The number of rotatable bonds is 18. The van der Waals surface area contributed by atoms with Crippen LogP contribution in [0.15, 0.2) is 53.5 Å². The van der Waals surface area contributed by atoms with E-state index in [4.69, 9.17) is 11.5 Å². The average Bonchev–Trinajstić information content (AvgIpc) is 3.47. The minimum Gasteiger partial charge on any atom is -0.394 e. The second-order valence-electron chi connectivity index (χ2n) is 11.8. The molecular formula is C33H44N8O6S. The van der Waals surface area contributed by atoms with E-state index in [1.807, 2.05) is 38.1 Å². The lowest BCUT2D eigenvalue weighted by Crippen LogP contribution is -2.52. The van der Waals surface area contributed by atoms with Gasteiger partial charge < -0.3 is 37.8 Å². The highest BCUT2D eigenvalue weighted by atomic mass is 32.1. The van der Waals surface area contributed by atoms with Gasteiger partial charge in [-0.3, -0.25) is 29.0 Å². The Bertz CT molecular complexity index is 1590. The van der Waals surface area contributed by atoms with E-state index < -0.39 is 48.4 Å². The van der Waals surface area contributed by atoms with Crippen molar-refractivity contribution in [3.63, 3.8) is 0 Å². The molecule has 15 heteroatoms. The molecule has 0 saturated heterocycles. The molecule has 0 aliphatic rings. The first-order valence-corrected chi connectivity index (χ1v) is 16.5. The topological polar surface area (TPSA) is 231 Å². The number of thiazole rings is 1. The Balaban J connectivity index is 1.69. The second kappa shape index (κ2) is 18.4. The van der Waals surface area contributed by atoms with Crippen LogP contribution < -0.4 is 32.7 Å². The van der Waals surface area contributed by atoms with E-state index in [1.165, 1.54) is 18.3 Å². The number of ketones is 1. The van der Waals surface area contributed by atoms with Crippen molar-refractivity contribution in [1.29, 1.82) is 0 Å². The van der Waals surface area contributed by atoms with Gasteiger partial charge >= 0.3 is 0 Å². The molecule has 258 valence electrons. The summed E-state index contributed by atoms with van der Waals surface area (Å²) >= 11 is 1.25. The Morgan fingerprint density at radius 3 is 2.31 bits per heavy atom. The van der Waals surface area contributed by atoms with Crippen molar-refractivity contribution in [2.45, 2.75) is 71.1 Å². The molecule has 0 spiro atoms. The number of para-hydroxylation sites is 1. The number of nitrogens with zero attached hydrogens (tertiary/aromatic N) is 2. The number of Topliss-reactive ketones (excluding diaryl/α,β-unsaturated/α-hetero) is 1. The van der Waals surface area contributed by atoms with E-state index in [9.17, 15) is 29.1 Å². The van der Waals surface area contributed by atoms with Gasteiger partial charge in [0.1, 0.15) is 12.1 Å². The van der Waals surface area contributed by atoms with E-state index in [-0.39, 0.29) is 48.6 Å². The van der Waals surface area contributed by atoms with E-state index in [2.05, 4.69) is 31.2 Å². The summed E-state index contributed by atoms with van der Waals surface area (Å²) in [6, 6.07) is 11.5. The van der Waals surface area contributed by atoms with Crippen LogP contribution in [0.1, 0.15) is 61.0 Å². The molecule has 1 aromatic heterocycles. The molecule has 9 N–H and O–H groups in total. The Morgan fingerprint density at radius 1 is 0.917 bits per heavy atom. The minimum absolute atomic E-state index is 0.0403. The van der Waals surface area contributed by atoms with Gasteiger partial charge in [0, 0.05) is 20.0 Å². The van der Waals surface area contributed by atoms with Crippen molar-refractivity contribution in [1.82, 2.24) is 26.3 Å². The lowest BCUT2D eigenvalue weighted by Gasteiger charge is -2.23. The smallest absolute Gasteiger partial charge is 0.245 e. The summed E-state index contributed by atoms with van der Waals surface area (Å²) in [5.41, 5.74) is 12.9. The van der Waals surface area contributed by atoms with Crippen LogP contribution in [0.3, 0.4) is 0 Å². The molecule has 3 aromatic rings. The number of guanidine groups is 1. The first-order valence-electron chi connectivity index (χ1n) is 15.6. The number of carbonyl (C=O) groups is 5. The van der Waals surface area contributed by atoms with Gasteiger partial charge in [0.05, 0.1) is 29.3 Å². The highest BCUT2D eigenvalue weighted by Gasteiger charge is 2.29. The summed E-state index contributed by atoms with van der Waals surface area (Å²) < 4.78 is 0.849. The Labute approximate surface area is 283 Å². The molecule has 0 aliphatic carbocycles. The first-order chi connectivity index (χ1) is 22.9. The molecule has 48 heavy (non-hydrogen) atoms. The molecule has 14 nitrogen and oxygen atoms in total. The van der Waals surface area contributed by atoms with Crippen molar-refractivity contribution in [2.24, 2.45) is 22.4 Å². The third kappa shape index (κ3) is 12.0. The Kier molecular flexibility index (Phi) is 14.4. The third-order valence-electron chi connectivity index (χ3n) is 7.14. The first kappa shape index (κ1) is 37.6. The molecular weight excluding hydrogens is 636 g/mol. The predicted octanol–water partition coefficient (Wildman–Crippen LogP) is 0.904. The maximum atomic E-state index is 13.6. The molecule has 2 aromatic carbocycles. The number of fused-ring (bicyclic) bond motifs is 1. The normalized spacial score (nSPS) is 12.9. The zero-order chi connectivity index (χ0) is 35.2. The number of aliphatic hydroxyl groups is 1. The minimum atomic E-state index is -1.07. The van der Waals surface area contributed by atoms with Crippen LogP contribution in [0.5, 0.6) is 0 Å². The molecule has 0 fully saturated rings. The monoisotopic (exact) mass is 680 g/mol. The molecule has 0 unspecified atom stereocenters. The maximum absolute atomic E-state index is 13.6. The predicted molar refractivity (Wildman–Crippen MR) is 184 cm³/mol. The number of nitrogens with one attached hydrogen (secondary N) is 4. The number of carbonyl (C=O) groups excluding carboxylic acids is 5. The molecule has 0 aliphatic heterocycles. The molecule has 0 saturated carbocycles. The Hall–Kier alpha value is -4.89. The number of hydrogen-bond donors (Lipinski definition) is 7. The SMILES string of the molecule is CC(=O)N[C@@H](CO)C(=O)NCc1cccc(CC(=O)N[C@@H](CC(C)C)C(=O)N[C@H](CCCN=C(N)N)C(=O)c2nc3ccccc3s2)c1. The van der Waals surface area contributed by atoms with Gasteiger partial charge in [-0.05, 0) is 48.4 Å². The summed E-state index contributed by atoms with van der Waals surface area (Å²) in [5, 5.41) is 20.4. The van der Waals surface area contributed by atoms with Gasteiger partial charge in [-0.25, -0.2) is 4.98 Å². The lowest BCUT2D eigenvalue weighted by atomic mass is 10.0. The van der Waals surface area contributed by atoms with Crippen LogP contribution in [0.4, 0.5) is 0 Å². The molecule has 3 rings (SSSR count). The fourth-order valence-corrected chi connectivity index (χ4v) is 5.87. The summed E-state index contributed by atoms with van der Waals surface area (Å²) in [5.74, 6) is -2.24. The van der Waals surface area contributed by atoms with Crippen LogP contribution in [0, 0.1) is 5.92 Å². The highest BCUT2D eigenvalue weighted by Crippen LogP contribution is 2.23. The number of aliphatic imine (C=N–C) groups is 1. The van der Waals surface area contributed by atoms with E-state index in [0.717, 1.165) is 4.70 Å². The van der Waals surface area contributed by atoms with Gasteiger partial charge in [0.15, 0.2) is 11.0 Å². The van der Waals surface area contributed by atoms with Crippen molar-refractivity contribution >= 4 is 56.9 Å².